The monoisotopic (exact) mass is 523 g/mol. The summed E-state index contributed by atoms with van der Waals surface area (Å²) in [5, 5.41) is 22.3. The number of hydrogen-bond acceptors (Lipinski definition) is 7. The van der Waals surface area contributed by atoms with Gasteiger partial charge in [-0.3, -0.25) is 9.48 Å². The average molecular weight is 524 g/mol. The van der Waals surface area contributed by atoms with Gasteiger partial charge >= 0.3 is 5.97 Å². The van der Waals surface area contributed by atoms with E-state index in [0.717, 1.165) is 41.7 Å². The summed E-state index contributed by atoms with van der Waals surface area (Å²) in [5.74, 6) is 0.425. The summed E-state index contributed by atoms with van der Waals surface area (Å²) < 4.78 is 1.90. The minimum atomic E-state index is -0.752. The lowest BCUT2D eigenvalue weighted by Gasteiger charge is -2.34. The van der Waals surface area contributed by atoms with Gasteiger partial charge in [0.05, 0.1) is 42.1 Å². The first-order valence-corrected chi connectivity index (χ1v) is 13.5. The fraction of sp³-hybridized carbons (Fsp3) is 0.333. The van der Waals surface area contributed by atoms with E-state index in [1.807, 2.05) is 41.4 Å². The fourth-order valence-electron chi connectivity index (χ4n) is 5.88. The summed E-state index contributed by atoms with van der Waals surface area (Å²) in [6, 6.07) is 14.7. The Balaban J connectivity index is 1.34. The Morgan fingerprint density at radius 2 is 2.10 bits per heavy atom. The van der Waals surface area contributed by atoms with Crippen LogP contribution in [0.3, 0.4) is 0 Å². The summed E-state index contributed by atoms with van der Waals surface area (Å²) in [6.07, 6.45) is 7.99. The number of carboxylic acid groups (broad SMARTS) is 1. The molecule has 9 nitrogen and oxygen atoms in total. The molecule has 3 N–H and O–H groups in total. The third kappa shape index (κ3) is 4.92. The number of carbonyl (C=O) groups is 1. The molecule has 0 saturated carbocycles. The van der Waals surface area contributed by atoms with Crippen LogP contribution in [0.25, 0.3) is 10.9 Å². The van der Waals surface area contributed by atoms with Gasteiger partial charge in [-0.2, -0.15) is 10.1 Å². The molecule has 200 valence electrons. The first kappa shape index (κ1) is 24.9. The number of allylic oxidation sites excluding steroid dienone is 1. The summed E-state index contributed by atoms with van der Waals surface area (Å²) >= 11 is 0. The maximum Gasteiger partial charge on any atom is 0.308 e. The van der Waals surface area contributed by atoms with E-state index in [-0.39, 0.29) is 6.04 Å². The number of benzene rings is 2. The average Bonchev–Trinajstić information content (AvgIpc) is 3.49. The molecule has 39 heavy (non-hydrogen) atoms. The van der Waals surface area contributed by atoms with E-state index in [2.05, 4.69) is 63.4 Å². The van der Waals surface area contributed by atoms with Gasteiger partial charge in [-0.1, -0.05) is 37.3 Å². The molecule has 0 bridgehead atoms. The van der Waals surface area contributed by atoms with Crippen molar-refractivity contribution in [1.29, 1.82) is 0 Å². The lowest BCUT2D eigenvalue weighted by molar-refractivity contribution is -0.141. The van der Waals surface area contributed by atoms with Crippen LogP contribution in [0, 0.1) is 11.8 Å². The first-order valence-electron chi connectivity index (χ1n) is 13.5. The van der Waals surface area contributed by atoms with Gasteiger partial charge in [0, 0.05) is 24.2 Å². The highest BCUT2D eigenvalue weighted by molar-refractivity contribution is 5.83. The number of piperidine rings is 1. The van der Waals surface area contributed by atoms with Crippen molar-refractivity contribution >= 4 is 40.0 Å². The number of carboxylic acids is 1. The first-order chi connectivity index (χ1) is 19.0. The molecule has 1 saturated heterocycles. The van der Waals surface area contributed by atoms with Crippen LogP contribution in [-0.4, -0.2) is 43.9 Å². The molecule has 6 rings (SSSR count). The highest BCUT2D eigenvalue weighted by Crippen LogP contribution is 2.40. The standard InChI is InChI=1S/C30H33N7O2/c1-3-12-37-25-15-23(11-10-21(25)16-32-37)33-30-31-17-26(36-13-6-8-22(18-36)29(38)39)28(35-30)34-27-19(2)14-20-7-4-5-9-24(20)27/h3-5,7,9-11,15-17,19,22,27H,1,6,8,12-14,18H2,2H3,(H,38,39)(H2,31,33,34,35)/t19-,22?,27?/m1/s1. The van der Waals surface area contributed by atoms with Crippen molar-refractivity contribution in [3.05, 3.63) is 78.6 Å². The number of anilines is 4. The molecule has 0 spiro atoms. The Morgan fingerprint density at radius 1 is 1.23 bits per heavy atom. The van der Waals surface area contributed by atoms with Gasteiger partial charge in [-0.25, -0.2) is 4.98 Å². The van der Waals surface area contributed by atoms with Crippen molar-refractivity contribution in [2.75, 3.05) is 28.6 Å². The smallest absolute Gasteiger partial charge is 0.308 e. The lowest BCUT2D eigenvalue weighted by Crippen LogP contribution is -2.39. The molecule has 0 amide bonds. The van der Waals surface area contributed by atoms with Crippen LogP contribution in [0.1, 0.15) is 36.9 Å². The van der Waals surface area contributed by atoms with Gasteiger partial charge in [-0.05, 0) is 54.5 Å². The van der Waals surface area contributed by atoms with Gasteiger partial charge in [-0.15, -0.1) is 6.58 Å². The van der Waals surface area contributed by atoms with Crippen molar-refractivity contribution in [2.45, 2.75) is 38.8 Å². The normalized spacial score (nSPS) is 20.5. The summed E-state index contributed by atoms with van der Waals surface area (Å²) in [5.41, 5.74) is 5.33. The van der Waals surface area contributed by atoms with Gasteiger partial charge in [0.25, 0.3) is 0 Å². The zero-order valence-electron chi connectivity index (χ0n) is 22.0. The van der Waals surface area contributed by atoms with E-state index in [4.69, 9.17) is 4.98 Å². The van der Waals surface area contributed by atoms with Crippen LogP contribution < -0.4 is 15.5 Å². The number of hydrogen-bond donors (Lipinski definition) is 3. The second-order valence-electron chi connectivity index (χ2n) is 10.6. The molecule has 1 aliphatic carbocycles. The van der Waals surface area contributed by atoms with E-state index in [9.17, 15) is 9.90 Å². The molecular formula is C30H33N7O2. The molecule has 2 aliphatic rings. The Morgan fingerprint density at radius 3 is 2.95 bits per heavy atom. The summed E-state index contributed by atoms with van der Waals surface area (Å²) in [4.78, 5) is 23.5. The predicted molar refractivity (Wildman–Crippen MR) is 153 cm³/mol. The molecule has 0 radical (unpaired) electrons. The Bertz CT molecular complexity index is 1530. The third-order valence-corrected chi connectivity index (χ3v) is 7.88. The third-order valence-electron chi connectivity index (χ3n) is 7.88. The highest BCUT2D eigenvalue weighted by Gasteiger charge is 2.32. The topological polar surface area (TPSA) is 108 Å². The van der Waals surface area contributed by atoms with Gasteiger partial charge in [0.1, 0.15) is 0 Å². The second kappa shape index (κ2) is 10.4. The highest BCUT2D eigenvalue weighted by atomic mass is 16.4. The van der Waals surface area contributed by atoms with E-state index >= 15 is 0 Å². The molecule has 9 heteroatoms. The van der Waals surface area contributed by atoms with Crippen molar-refractivity contribution in [3.63, 3.8) is 0 Å². The van der Waals surface area contributed by atoms with Crippen LogP contribution in [0.15, 0.2) is 67.5 Å². The number of aliphatic carboxylic acids is 1. The number of rotatable bonds is 8. The van der Waals surface area contributed by atoms with Crippen LogP contribution in [-0.2, 0) is 17.8 Å². The number of aromatic nitrogens is 4. The van der Waals surface area contributed by atoms with Crippen LogP contribution >= 0.6 is 0 Å². The molecular weight excluding hydrogens is 490 g/mol. The van der Waals surface area contributed by atoms with Crippen molar-refractivity contribution < 1.29 is 9.90 Å². The quantitative estimate of drug-likeness (QED) is 0.264. The number of nitrogens with one attached hydrogen (secondary N) is 2. The molecule has 4 aromatic rings. The Hall–Kier alpha value is -4.40. The Labute approximate surface area is 227 Å². The summed E-state index contributed by atoms with van der Waals surface area (Å²) in [6.45, 7) is 7.92. The second-order valence-corrected chi connectivity index (χ2v) is 10.6. The number of nitrogens with zero attached hydrogens (tertiary/aromatic N) is 5. The molecule has 2 aromatic carbocycles. The zero-order chi connectivity index (χ0) is 26.9. The van der Waals surface area contributed by atoms with Crippen molar-refractivity contribution in [1.82, 2.24) is 19.7 Å². The van der Waals surface area contributed by atoms with Gasteiger partial charge in [0.15, 0.2) is 5.82 Å². The van der Waals surface area contributed by atoms with Gasteiger partial charge < -0.3 is 20.6 Å². The molecule has 1 aliphatic heterocycles. The van der Waals surface area contributed by atoms with Crippen LogP contribution in [0.5, 0.6) is 0 Å². The molecule has 2 aromatic heterocycles. The van der Waals surface area contributed by atoms with Crippen LogP contribution in [0.4, 0.5) is 23.1 Å². The molecule has 2 unspecified atom stereocenters. The maximum atomic E-state index is 11.8. The van der Waals surface area contributed by atoms with E-state index in [1.165, 1.54) is 11.1 Å². The summed E-state index contributed by atoms with van der Waals surface area (Å²) in [7, 11) is 0. The van der Waals surface area contributed by atoms with Crippen molar-refractivity contribution in [2.24, 2.45) is 11.8 Å². The minimum Gasteiger partial charge on any atom is -0.481 e. The lowest BCUT2D eigenvalue weighted by atomic mass is 9.98. The largest absolute Gasteiger partial charge is 0.481 e. The van der Waals surface area contributed by atoms with E-state index in [1.54, 1.807) is 0 Å². The fourth-order valence-corrected chi connectivity index (χ4v) is 5.88. The van der Waals surface area contributed by atoms with E-state index in [0.29, 0.717) is 37.2 Å². The van der Waals surface area contributed by atoms with Crippen molar-refractivity contribution in [3.8, 4) is 0 Å². The predicted octanol–water partition coefficient (Wildman–Crippen LogP) is 5.40. The Kier molecular flexibility index (Phi) is 6.64. The molecule has 3 atom stereocenters. The zero-order valence-corrected chi connectivity index (χ0v) is 22.0. The SMILES string of the molecule is C=CCn1ncc2ccc(Nc3ncc(N4CCCC(C(=O)O)C4)c(NC4c5ccccc5C[C@H]4C)n3)cc21. The number of fused-ring (bicyclic) bond motifs is 2. The minimum absolute atomic E-state index is 0.104. The van der Waals surface area contributed by atoms with Crippen LogP contribution in [0.2, 0.25) is 0 Å². The van der Waals surface area contributed by atoms with E-state index < -0.39 is 11.9 Å². The molecule has 3 heterocycles. The maximum absolute atomic E-state index is 11.8. The van der Waals surface area contributed by atoms with Gasteiger partial charge in [0.2, 0.25) is 5.95 Å². The molecule has 1 fully saturated rings.